The Morgan fingerprint density at radius 2 is 1.89 bits per heavy atom. The molecule has 0 fully saturated rings. The summed E-state index contributed by atoms with van der Waals surface area (Å²) in [6, 6.07) is 0. The van der Waals surface area contributed by atoms with Crippen LogP contribution in [0.5, 0.6) is 0 Å². The summed E-state index contributed by atoms with van der Waals surface area (Å²) in [6.07, 6.45) is -0.431. The van der Waals surface area contributed by atoms with Crippen molar-refractivity contribution in [2.45, 2.75) is 20.0 Å². The Bertz CT molecular complexity index is 73.5. The van der Waals surface area contributed by atoms with Crippen molar-refractivity contribution in [3.63, 3.8) is 0 Å². The molecule has 56 valence electrons. The number of hydrogen-bond donors (Lipinski definition) is 2. The van der Waals surface area contributed by atoms with Crippen molar-refractivity contribution in [2.75, 3.05) is 13.6 Å². The van der Waals surface area contributed by atoms with E-state index < -0.39 is 6.10 Å². The Hall–Kier alpha value is -0.120. The van der Waals surface area contributed by atoms with Gasteiger partial charge in [-0.05, 0) is 5.92 Å². The molecule has 0 aromatic heterocycles. The van der Waals surface area contributed by atoms with Crippen LogP contribution in [0, 0.1) is 5.92 Å². The van der Waals surface area contributed by atoms with E-state index in [0.29, 0.717) is 6.54 Å². The largest absolute Gasteiger partial charge is 0.391 e. The molecule has 0 bridgehead atoms. The molecule has 3 nitrogen and oxygen atoms in total. The van der Waals surface area contributed by atoms with Gasteiger partial charge in [0.25, 0.3) is 0 Å². The SMILES string of the molecule is CC(C)C(O)CN(C)O. The van der Waals surface area contributed by atoms with Crippen molar-refractivity contribution in [1.29, 1.82) is 0 Å². The highest BCUT2D eigenvalue weighted by Gasteiger charge is 2.09. The minimum Gasteiger partial charge on any atom is -0.391 e. The summed E-state index contributed by atoms with van der Waals surface area (Å²) in [7, 11) is 1.52. The van der Waals surface area contributed by atoms with Gasteiger partial charge in [0.1, 0.15) is 0 Å². The van der Waals surface area contributed by atoms with Gasteiger partial charge in [-0.2, -0.15) is 5.06 Å². The number of nitrogens with zero attached hydrogens (tertiary/aromatic N) is 1. The van der Waals surface area contributed by atoms with Gasteiger partial charge in [-0.3, -0.25) is 0 Å². The van der Waals surface area contributed by atoms with Gasteiger partial charge >= 0.3 is 0 Å². The molecule has 1 atom stereocenters. The summed E-state index contributed by atoms with van der Waals surface area (Å²) in [4.78, 5) is 0. The number of likely N-dealkylation sites (N-methyl/N-ethyl adjacent to an activating group) is 1. The number of rotatable bonds is 3. The minimum absolute atomic E-state index is 0.208. The maximum Gasteiger partial charge on any atom is 0.0713 e. The minimum atomic E-state index is -0.431. The molecule has 0 spiro atoms. The summed E-state index contributed by atoms with van der Waals surface area (Å²) < 4.78 is 0. The summed E-state index contributed by atoms with van der Waals surface area (Å²) in [5, 5.41) is 18.7. The molecule has 0 amide bonds. The van der Waals surface area contributed by atoms with Gasteiger partial charge in [0.2, 0.25) is 0 Å². The zero-order chi connectivity index (χ0) is 7.44. The first-order valence-electron chi connectivity index (χ1n) is 3.12. The van der Waals surface area contributed by atoms with E-state index in [2.05, 4.69) is 0 Å². The smallest absolute Gasteiger partial charge is 0.0713 e. The lowest BCUT2D eigenvalue weighted by Gasteiger charge is -2.17. The highest BCUT2D eigenvalue weighted by Crippen LogP contribution is 2.00. The molecule has 0 aliphatic rings. The molecule has 3 heteroatoms. The maximum absolute atomic E-state index is 9.10. The van der Waals surface area contributed by atoms with Crippen LogP contribution in [0.25, 0.3) is 0 Å². The van der Waals surface area contributed by atoms with Crippen molar-refractivity contribution in [2.24, 2.45) is 5.92 Å². The molecule has 0 aliphatic heterocycles. The molecule has 0 aromatic carbocycles. The van der Waals surface area contributed by atoms with Gasteiger partial charge in [0.05, 0.1) is 6.10 Å². The van der Waals surface area contributed by atoms with E-state index in [4.69, 9.17) is 10.3 Å². The first kappa shape index (κ1) is 8.88. The second kappa shape index (κ2) is 3.82. The Balaban J connectivity index is 3.38. The second-order valence-electron chi connectivity index (χ2n) is 2.65. The third kappa shape index (κ3) is 4.39. The number of hydrogen-bond acceptors (Lipinski definition) is 3. The van der Waals surface area contributed by atoms with Crippen molar-refractivity contribution in [3.05, 3.63) is 0 Å². The van der Waals surface area contributed by atoms with Crippen molar-refractivity contribution in [3.8, 4) is 0 Å². The first-order valence-corrected chi connectivity index (χ1v) is 3.12. The number of hydroxylamine groups is 2. The Morgan fingerprint density at radius 1 is 1.44 bits per heavy atom. The summed E-state index contributed by atoms with van der Waals surface area (Å²) in [6.45, 7) is 4.14. The number of aliphatic hydroxyl groups is 1. The van der Waals surface area contributed by atoms with Gasteiger partial charge in [0.15, 0.2) is 0 Å². The molecule has 9 heavy (non-hydrogen) atoms. The predicted octanol–water partition coefficient (Wildman–Crippen LogP) is 0.324. The summed E-state index contributed by atoms with van der Waals surface area (Å²) in [5.41, 5.74) is 0. The Labute approximate surface area is 55.9 Å². The third-order valence-electron chi connectivity index (χ3n) is 1.22. The lowest BCUT2D eigenvalue weighted by Crippen LogP contribution is -2.29. The lowest BCUT2D eigenvalue weighted by molar-refractivity contribution is -0.0964. The van der Waals surface area contributed by atoms with E-state index >= 15 is 0 Å². The third-order valence-corrected chi connectivity index (χ3v) is 1.22. The maximum atomic E-state index is 9.10. The highest BCUT2D eigenvalue weighted by atomic mass is 16.5. The molecular formula is C6H15NO2. The van der Waals surface area contributed by atoms with Crippen LogP contribution in [-0.4, -0.2) is 35.1 Å². The zero-order valence-electron chi connectivity index (χ0n) is 6.20. The van der Waals surface area contributed by atoms with E-state index in [1.54, 1.807) is 0 Å². The average Bonchev–Trinajstić information content (AvgIpc) is 1.63. The van der Waals surface area contributed by atoms with Crippen LogP contribution in [0.15, 0.2) is 0 Å². The molecule has 0 rings (SSSR count). The van der Waals surface area contributed by atoms with Gasteiger partial charge in [0, 0.05) is 13.6 Å². The molecule has 0 saturated heterocycles. The highest BCUT2D eigenvalue weighted by molar-refractivity contribution is 4.59. The molecule has 0 aromatic rings. The van der Waals surface area contributed by atoms with Crippen molar-refractivity contribution >= 4 is 0 Å². The van der Waals surface area contributed by atoms with Crippen molar-refractivity contribution < 1.29 is 10.3 Å². The zero-order valence-corrected chi connectivity index (χ0v) is 6.20. The second-order valence-corrected chi connectivity index (χ2v) is 2.65. The van der Waals surface area contributed by atoms with Crippen LogP contribution in [0.4, 0.5) is 0 Å². The fourth-order valence-corrected chi connectivity index (χ4v) is 0.482. The van der Waals surface area contributed by atoms with Crippen molar-refractivity contribution in [1.82, 2.24) is 5.06 Å². The van der Waals surface area contributed by atoms with E-state index in [9.17, 15) is 0 Å². The first-order chi connectivity index (χ1) is 4.04. The van der Waals surface area contributed by atoms with Crippen LogP contribution in [-0.2, 0) is 0 Å². The van der Waals surface area contributed by atoms with Crippen LogP contribution < -0.4 is 0 Å². The van der Waals surface area contributed by atoms with E-state index in [1.807, 2.05) is 13.8 Å². The molecular weight excluding hydrogens is 118 g/mol. The molecule has 0 aliphatic carbocycles. The Morgan fingerprint density at radius 3 is 2.00 bits per heavy atom. The standard InChI is InChI=1S/C6H15NO2/c1-5(2)6(8)4-7(3)9/h5-6,8-9H,4H2,1-3H3. The van der Waals surface area contributed by atoms with E-state index in [1.165, 1.54) is 7.05 Å². The normalized spacial score (nSPS) is 15.0. The quantitative estimate of drug-likeness (QED) is 0.545. The Kier molecular flexibility index (Phi) is 3.77. The van der Waals surface area contributed by atoms with Gasteiger partial charge < -0.3 is 10.3 Å². The molecule has 0 radical (unpaired) electrons. The van der Waals surface area contributed by atoms with Gasteiger partial charge in [-0.15, -0.1) is 0 Å². The number of aliphatic hydroxyl groups excluding tert-OH is 1. The molecule has 1 unspecified atom stereocenters. The molecule has 2 N–H and O–H groups in total. The van der Waals surface area contributed by atoms with Crippen LogP contribution >= 0.6 is 0 Å². The van der Waals surface area contributed by atoms with Gasteiger partial charge in [-0.25, -0.2) is 0 Å². The molecule has 0 heterocycles. The molecule has 0 saturated carbocycles. The van der Waals surface area contributed by atoms with E-state index in [-0.39, 0.29) is 5.92 Å². The summed E-state index contributed by atoms with van der Waals surface area (Å²) >= 11 is 0. The van der Waals surface area contributed by atoms with Gasteiger partial charge in [-0.1, -0.05) is 13.8 Å². The monoisotopic (exact) mass is 133 g/mol. The van der Waals surface area contributed by atoms with Crippen LogP contribution in [0.3, 0.4) is 0 Å². The van der Waals surface area contributed by atoms with Crippen LogP contribution in [0.2, 0.25) is 0 Å². The fourth-order valence-electron chi connectivity index (χ4n) is 0.482. The topological polar surface area (TPSA) is 43.7 Å². The predicted molar refractivity (Wildman–Crippen MR) is 35.3 cm³/mol. The van der Waals surface area contributed by atoms with Crippen LogP contribution in [0.1, 0.15) is 13.8 Å². The average molecular weight is 133 g/mol. The fraction of sp³-hybridized carbons (Fsp3) is 1.00. The summed E-state index contributed by atoms with van der Waals surface area (Å²) in [5.74, 6) is 0.208. The van der Waals surface area contributed by atoms with E-state index in [0.717, 1.165) is 5.06 Å². The lowest BCUT2D eigenvalue weighted by atomic mass is 10.1.